The van der Waals surface area contributed by atoms with Crippen LogP contribution in [0.1, 0.15) is 36.5 Å². The van der Waals surface area contributed by atoms with E-state index in [-0.39, 0.29) is 11.8 Å². The number of nitrogens with one attached hydrogen (secondary N) is 2. The molecule has 0 saturated carbocycles. The van der Waals surface area contributed by atoms with Gasteiger partial charge in [-0.1, -0.05) is 12.1 Å². The second-order valence-corrected chi connectivity index (χ2v) is 8.09. The molecule has 2 atom stereocenters. The summed E-state index contributed by atoms with van der Waals surface area (Å²) in [4.78, 5) is 26.6. The summed E-state index contributed by atoms with van der Waals surface area (Å²) in [6, 6.07) is 7.03. The second kappa shape index (κ2) is 8.69. The molecule has 29 heavy (non-hydrogen) atoms. The molecule has 160 valence electrons. The monoisotopic (exact) mass is 405 g/mol. The average molecular weight is 405 g/mol. The van der Waals surface area contributed by atoms with E-state index in [0.717, 1.165) is 0 Å². The molecule has 1 aromatic rings. The Balaban J connectivity index is 1.71. The summed E-state index contributed by atoms with van der Waals surface area (Å²) in [5, 5.41) is 16.9. The quantitative estimate of drug-likeness (QED) is 0.661. The minimum atomic E-state index is -0.857. The lowest BCUT2D eigenvalue weighted by atomic mass is 9.73. The lowest BCUT2D eigenvalue weighted by molar-refractivity contribution is -0.205. The average Bonchev–Trinajstić information content (AvgIpc) is 2.73. The van der Waals surface area contributed by atoms with Crippen LogP contribution in [0.2, 0.25) is 0 Å². The highest BCUT2D eigenvalue weighted by molar-refractivity contribution is 5.97. The summed E-state index contributed by atoms with van der Waals surface area (Å²) in [5.41, 5.74) is -1.11. The molecule has 8 heteroatoms. The van der Waals surface area contributed by atoms with Gasteiger partial charge in [-0.05, 0) is 38.3 Å². The molecule has 0 unspecified atom stereocenters. The molecule has 2 aliphatic heterocycles. The smallest absolute Gasteiger partial charge is 0.255 e. The zero-order chi connectivity index (χ0) is 21.1. The number of nitrogens with zero attached hydrogens (tertiary/aromatic N) is 1. The van der Waals surface area contributed by atoms with Crippen LogP contribution in [0.4, 0.5) is 0 Å². The van der Waals surface area contributed by atoms with Crippen molar-refractivity contribution >= 4 is 11.8 Å². The predicted octanol–water partition coefficient (Wildman–Crippen LogP) is 0.546. The Morgan fingerprint density at radius 1 is 1.28 bits per heavy atom. The first-order valence-electron chi connectivity index (χ1n) is 10.0. The first-order chi connectivity index (χ1) is 13.8. The molecule has 1 spiro atoms. The van der Waals surface area contributed by atoms with Gasteiger partial charge in [-0.3, -0.25) is 14.5 Å². The molecule has 3 rings (SSSR count). The Hall–Kier alpha value is -2.16. The molecule has 1 aromatic carbocycles. The number of likely N-dealkylation sites (N-methyl/N-ethyl adjacent to an activating group) is 1. The van der Waals surface area contributed by atoms with Crippen molar-refractivity contribution in [2.24, 2.45) is 0 Å². The van der Waals surface area contributed by atoms with Crippen LogP contribution in [-0.4, -0.2) is 79.5 Å². The maximum absolute atomic E-state index is 12.9. The Morgan fingerprint density at radius 2 is 1.97 bits per heavy atom. The van der Waals surface area contributed by atoms with Crippen LogP contribution >= 0.6 is 0 Å². The largest absolute Gasteiger partial charge is 0.496 e. The highest BCUT2D eigenvalue weighted by atomic mass is 16.5. The fraction of sp³-hybridized carbons (Fsp3) is 0.619. The first kappa shape index (κ1) is 21.5. The number of carbonyl (C=O) groups excluding carboxylic acids is 2. The van der Waals surface area contributed by atoms with Crippen LogP contribution in [0.5, 0.6) is 5.75 Å². The maximum Gasteiger partial charge on any atom is 0.255 e. The van der Waals surface area contributed by atoms with Crippen LogP contribution in [-0.2, 0) is 9.53 Å². The molecule has 3 N–H and O–H groups in total. The third-order valence-electron chi connectivity index (χ3n) is 6.21. The third kappa shape index (κ3) is 4.39. The van der Waals surface area contributed by atoms with Gasteiger partial charge in [-0.2, -0.15) is 0 Å². The molecule has 2 amide bonds. The SMILES string of the molecule is CNC(=O)CN1CCC2(CC1)OCC[C@](C)(NC(=O)c1ccccc1OC)[C@H]2O. The van der Waals surface area contributed by atoms with Crippen LogP contribution in [0, 0.1) is 0 Å². The van der Waals surface area contributed by atoms with Crippen molar-refractivity contribution in [1.82, 2.24) is 15.5 Å². The number of carbonyl (C=O) groups is 2. The van der Waals surface area contributed by atoms with Crippen molar-refractivity contribution in [1.29, 1.82) is 0 Å². The minimum Gasteiger partial charge on any atom is -0.496 e. The number of aliphatic hydroxyl groups is 1. The topological polar surface area (TPSA) is 100 Å². The fourth-order valence-electron chi connectivity index (χ4n) is 4.34. The lowest BCUT2D eigenvalue weighted by Gasteiger charge is -2.53. The van der Waals surface area contributed by atoms with Gasteiger partial charge in [-0.15, -0.1) is 0 Å². The number of amides is 2. The lowest BCUT2D eigenvalue weighted by Crippen LogP contribution is -2.69. The number of benzene rings is 1. The summed E-state index contributed by atoms with van der Waals surface area (Å²) in [5.74, 6) is 0.186. The normalized spacial score (nSPS) is 26.7. The van der Waals surface area contributed by atoms with Gasteiger partial charge in [0, 0.05) is 26.7 Å². The summed E-state index contributed by atoms with van der Waals surface area (Å²) in [6.07, 6.45) is 0.861. The summed E-state index contributed by atoms with van der Waals surface area (Å²) in [7, 11) is 3.15. The van der Waals surface area contributed by atoms with Gasteiger partial charge in [0.1, 0.15) is 11.9 Å². The van der Waals surface area contributed by atoms with E-state index in [9.17, 15) is 14.7 Å². The molecule has 2 fully saturated rings. The van der Waals surface area contributed by atoms with Crippen LogP contribution in [0.25, 0.3) is 0 Å². The zero-order valence-electron chi connectivity index (χ0n) is 17.4. The van der Waals surface area contributed by atoms with Gasteiger partial charge in [-0.25, -0.2) is 0 Å². The molecule has 2 saturated heterocycles. The van der Waals surface area contributed by atoms with Crippen molar-refractivity contribution in [3.8, 4) is 5.75 Å². The number of rotatable bonds is 5. The van der Waals surface area contributed by atoms with Crippen LogP contribution in [0.15, 0.2) is 24.3 Å². The molecule has 0 aromatic heterocycles. The Kier molecular flexibility index (Phi) is 6.45. The number of hydrogen-bond donors (Lipinski definition) is 3. The van der Waals surface area contributed by atoms with Gasteiger partial charge in [0.2, 0.25) is 5.91 Å². The summed E-state index contributed by atoms with van der Waals surface area (Å²) >= 11 is 0. The van der Waals surface area contributed by atoms with E-state index in [1.54, 1.807) is 25.2 Å². The van der Waals surface area contributed by atoms with E-state index in [1.807, 2.05) is 13.0 Å². The molecule has 0 aliphatic carbocycles. The number of hydrogen-bond acceptors (Lipinski definition) is 6. The van der Waals surface area contributed by atoms with E-state index in [4.69, 9.17) is 9.47 Å². The number of aliphatic hydroxyl groups excluding tert-OH is 1. The maximum atomic E-state index is 12.9. The second-order valence-electron chi connectivity index (χ2n) is 8.09. The standard InChI is InChI=1S/C21H31N3O5/c1-20(23-18(26)15-6-4-5-7-16(15)28-3)10-13-29-21(19(20)27)8-11-24(12-9-21)14-17(25)22-2/h4-7,19,27H,8-14H2,1-3H3,(H,22,25)(H,23,26)/t19-,20+/m1/s1. The van der Waals surface area contributed by atoms with Crippen molar-refractivity contribution in [3.63, 3.8) is 0 Å². The summed E-state index contributed by atoms with van der Waals surface area (Å²) < 4.78 is 11.4. The summed E-state index contributed by atoms with van der Waals surface area (Å²) in [6.45, 7) is 3.97. The van der Waals surface area contributed by atoms with E-state index in [1.165, 1.54) is 7.11 Å². The minimum absolute atomic E-state index is 0.0278. The van der Waals surface area contributed by atoms with Crippen LogP contribution in [0.3, 0.4) is 0 Å². The van der Waals surface area contributed by atoms with Gasteiger partial charge in [0.25, 0.3) is 5.91 Å². The predicted molar refractivity (Wildman–Crippen MR) is 108 cm³/mol. The van der Waals surface area contributed by atoms with Gasteiger partial charge in [0.15, 0.2) is 0 Å². The Bertz CT molecular complexity index is 748. The zero-order valence-corrected chi connectivity index (χ0v) is 17.4. The van der Waals surface area contributed by atoms with Crippen molar-refractivity contribution < 1.29 is 24.2 Å². The van der Waals surface area contributed by atoms with E-state index < -0.39 is 17.2 Å². The van der Waals surface area contributed by atoms with Gasteiger partial charge >= 0.3 is 0 Å². The van der Waals surface area contributed by atoms with E-state index >= 15 is 0 Å². The molecule has 2 heterocycles. The molecular weight excluding hydrogens is 374 g/mol. The molecule has 8 nitrogen and oxygen atoms in total. The number of likely N-dealkylation sites (tertiary alicyclic amines) is 1. The highest BCUT2D eigenvalue weighted by Gasteiger charge is 2.53. The molecule has 0 bridgehead atoms. The van der Waals surface area contributed by atoms with Crippen molar-refractivity contribution in [3.05, 3.63) is 29.8 Å². The number of ether oxygens (including phenoxy) is 2. The Labute approximate surface area is 171 Å². The highest BCUT2D eigenvalue weighted by Crippen LogP contribution is 2.40. The molecular formula is C21H31N3O5. The van der Waals surface area contributed by atoms with E-state index in [2.05, 4.69) is 15.5 Å². The number of piperidine rings is 1. The third-order valence-corrected chi connectivity index (χ3v) is 6.21. The molecule has 0 radical (unpaired) electrons. The first-order valence-corrected chi connectivity index (χ1v) is 10.0. The van der Waals surface area contributed by atoms with Crippen molar-refractivity contribution in [2.75, 3.05) is 40.4 Å². The number of methoxy groups -OCH3 is 1. The Morgan fingerprint density at radius 3 is 2.62 bits per heavy atom. The van der Waals surface area contributed by atoms with E-state index in [0.29, 0.717) is 56.8 Å². The van der Waals surface area contributed by atoms with Gasteiger partial charge in [0.05, 0.1) is 30.4 Å². The van der Waals surface area contributed by atoms with Crippen LogP contribution < -0.4 is 15.4 Å². The number of para-hydroxylation sites is 1. The van der Waals surface area contributed by atoms with Crippen molar-refractivity contribution in [2.45, 2.75) is 43.4 Å². The van der Waals surface area contributed by atoms with Gasteiger partial charge < -0.3 is 25.2 Å². The molecule has 2 aliphatic rings. The fourth-order valence-corrected chi connectivity index (χ4v) is 4.34.